The molecule has 21 heavy (non-hydrogen) atoms. The van der Waals surface area contributed by atoms with Gasteiger partial charge in [0.05, 0.1) is 7.11 Å². The van der Waals surface area contributed by atoms with E-state index in [4.69, 9.17) is 4.74 Å². The van der Waals surface area contributed by atoms with E-state index in [0.29, 0.717) is 0 Å². The van der Waals surface area contributed by atoms with Crippen molar-refractivity contribution in [1.82, 2.24) is 5.32 Å². The van der Waals surface area contributed by atoms with Gasteiger partial charge in [0.1, 0.15) is 5.75 Å². The fourth-order valence-electron chi connectivity index (χ4n) is 2.59. The van der Waals surface area contributed by atoms with Crippen LogP contribution in [0.3, 0.4) is 0 Å². The summed E-state index contributed by atoms with van der Waals surface area (Å²) in [5, 5.41) is 3.39. The number of anilines is 1. The molecule has 3 nitrogen and oxygen atoms in total. The topological polar surface area (TPSA) is 24.5 Å². The number of rotatable bonds is 6. The van der Waals surface area contributed by atoms with Crippen molar-refractivity contribution < 1.29 is 4.74 Å². The van der Waals surface area contributed by atoms with Crippen molar-refractivity contribution >= 4 is 5.69 Å². The summed E-state index contributed by atoms with van der Waals surface area (Å²) in [6.45, 7) is 3.04. The standard InChI is InChI=1S/C18H24N2O/c1-14-8-5-6-11-18(14)20(3)13-17(19-2)15-9-7-10-16(12-15)21-4/h5-12,17,19H,13H2,1-4H3. The molecular weight excluding hydrogens is 260 g/mol. The summed E-state index contributed by atoms with van der Waals surface area (Å²) in [6.07, 6.45) is 0. The molecule has 0 fully saturated rings. The molecule has 0 radical (unpaired) electrons. The van der Waals surface area contributed by atoms with Gasteiger partial charge in [-0.2, -0.15) is 0 Å². The van der Waals surface area contributed by atoms with E-state index in [1.54, 1.807) is 7.11 Å². The molecule has 0 aliphatic carbocycles. The van der Waals surface area contributed by atoms with Gasteiger partial charge in [0.15, 0.2) is 0 Å². The fraction of sp³-hybridized carbons (Fsp3) is 0.333. The predicted octanol–water partition coefficient (Wildman–Crippen LogP) is 3.40. The van der Waals surface area contributed by atoms with Crippen LogP contribution in [0.4, 0.5) is 5.69 Å². The summed E-state index contributed by atoms with van der Waals surface area (Å²) >= 11 is 0. The van der Waals surface area contributed by atoms with Crippen molar-refractivity contribution in [2.24, 2.45) is 0 Å². The largest absolute Gasteiger partial charge is 0.497 e. The highest BCUT2D eigenvalue weighted by molar-refractivity contribution is 5.52. The van der Waals surface area contributed by atoms with Crippen LogP contribution in [0.25, 0.3) is 0 Å². The second-order valence-electron chi connectivity index (χ2n) is 5.28. The molecule has 0 aliphatic heterocycles. The smallest absolute Gasteiger partial charge is 0.119 e. The van der Waals surface area contributed by atoms with Crippen LogP contribution in [-0.4, -0.2) is 27.7 Å². The molecule has 112 valence electrons. The maximum Gasteiger partial charge on any atom is 0.119 e. The molecule has 0 heterocycles. The minimum atomic E-state index is 0.254. The minimum Gasteiger partial charge on any atom is -0.497 e. The maximum atomic E-state index is 5.32. The van der Waals surface area contributed by atoms with Crippen molar-refractivity contribution in [1.29, 1.82) is 0 Å². The van der Waals surface area contributed by atoms with Crippen LogP contribution >= 0.6 is 0 Å². The van der Waals surface area contributed by atoms with E-state index >= 15 is 0 Å². The highest BCUT2D eigenvalue weighted by atomic mass is 16.5. The van der Waals surface area contributed by atoms with Gasteiger partial charge in [-0.15, -0.1) is 0 Å². The van der Waals surface area contributed by atoms with E-state index in [9.17, 15) is 0 Å². The lowest BCUT2D eigenvalue weighted by Gasteiger charge is -2.27. The minimum absolute atomic E-state index is 0.254. The summed E-state index contributed by atoms with van der Waals surface area (Å²) in [4.78, 5) is 2.29. The Bertz CT molecular complexity index is 583. The van der Waals surface area contributed by atoms with E-state index < -0.39 is 0 Å². The Labute approximate surface area is 127 Å². The number of benzene rings is 2. The van der Waals surface area contributed by atoms with Gasteiger partial charge in [0.2, 0.25) is 0 Å². The number of likely N-dealkylation sites (N-methyl/N-ethyl adjacent to an activating group) is 2. The van der Waals surface area contributed by atoms with E-state index in [0.717, 1.165) is 12.3 Å². The van der Waals surface area contributed by atoms with Crippen molar-refractivity contribution in [3.05, 3.63) is 59.7 Å². The van der Waals surface area contributed by atoms with Crippen LogP contribution in [0.15, 0.2) is 48.5 Å². The third-order valence-electron chi connectivity index (χ3n) is 3.83. The highest BCUT2D eigenvalue weighted by Crippen LogP contribution is 2.23. The van der Waals surface area contributed by atoms with Crippen LogP contribution in [0, 0.1) is 6.92 Å². The summed E-state index contributed by atoms with van der Waals surface area (Å²) in [7, 11) is 5.83. The molecule has 0 aliphatic rings. The number of ether oxygens (including phenoxy) is 1. The summed E-state index contributed by atoms with van der Waals surface area (Å²) < 4.78 is 5.32. The normalized spacial score (nSPS) is 12.0. The first-order valence-electron chi connectivity index (χ1n) is 7.23. The Kier molecular flexibility index (Phi) is 5.23. The van der Waals surface area contributed by atoms with E-state index in [-0.39, 0.29) is 6.04 Å². The number of para-hydroxylation sites is 1. The van der Waals surface area contributed by atoms with E-state index in [1.165, 1.54) is 16.8 Å². The molecule has 0 saturated carbocycles. The third-order valence-corrected chi connectivity index (χ3v) is 3.83. The third kappa shape index (κ3) is 3.76. The first-order chi connectivity index (χ1) is 10.2. The molecule has 1 N–H and O–H groups in total. The van der Waals surface area contributed by atoms with Gasteiger partial charge in [-0.25, -0.2) is 0 Å². The molecule has 3 heteroatoms. The lowest BCUT2D eigenvalue weighted by Crippen LogP contribution is -2.31. The Morgan fingerprint density at radius 3 is 2.57 bits per heavy atom. The second-order valence-corrected chi connectivity index (χ2v) is 5.28. The van der Waals surface area contributed by atoms with Crippen LogP contribution < -0.4 is 15.0 Å². The zero-order valence-electron chi connectivity index (χ0n) is 13.3. The average Bonchev–Trinajstić information content (AvgIpc) is 2.52. The van der Waals surface area contributed by atoms with Gasteiger partial charge in [0, 0.05) is 25.3 Å². The number of methoxy groups -OCH3 is 1. The van der Waals surface area contributed by atoms with Gasteiger partial charge in [0.25, 0.3) is 0 Å². The van der Waals surface area contributed by atoms with Crippen molar-refractivity contribution in [2.75, 3.05) is 32.6 Å². The molecule has 0 saturated heterocycles. The molecule has 2 aromatic rings. The number of hydrogen-bond donors (Lipinski definition) is 1. The van der Waals surface area contributed by atoms with E-state index in [2.05, 4.69) is 60.6 Å². The number of nitrogens with zero attached hydrogens (tertiary/aromatic N) is 1. The van der Waals surface area contributed by atoms with Gasteiger partial charge < -0.3 is 15.0 Å². The molecule has 0 bridgehead atoms. The summed E-state index contributed by atoms with van der Waals surface area (Å²) in [6, 6.07) is 16.9. The first-order valence-corrected chi connectivity index (χ1v) is 7.23. The van der Waals surface area contributed by atoms with Crippen LogP contribution in [0.2, 0.25) is 0 Å². The van der Waals surface area contributed by atoms with E-state index in [1.807, 2.05) is 19.2 Å². The number of hydrogen-bond acceptors (Lipinski definition) is 3. The highest BCUT2D eigenvalue weighted by Gasteiger charge is 2.14. The number of nitrogens with one attached hydrogen (secondary N) is 1. The monoisotopic (exact) mass is 284 g/mol. The lowest BCUT2D eigenvalue weighted by molar-refractivity contribution is 0.413. The molecule has 0 aromatic heterocycles. The quantitative estimate of drug-likeness (QED) is 0.880. The Hall–Kier alpha value is -2.00. The van der Waals surface area contributed by atoms with Gasteiger partial charge >= 0.3 is 0 Å². The van der Waals surface area contributed by atoms with Crippen LogP contribution in [0.1, 0.15) is 17.2 Å². The summed E-state index contributed by atoms with van der Waals surface area (Å²) in [5.41, 5.74) is 3.79. The molecule has 2 rings (SSSR count). The molecule has 0 amide bonds. The van der Waals surface area contributed by atoms with Gasteiger partial charge in [-0.1, -0.05) is 30.3 Å². The SMILES string of the molecule is CNC(CN(C)c1ccccc1C)c1cccc(OC)c1. The Morgan fingerprint density at radius 2 is 1.90 bits per heavy atom. The van der Waals surface area contributed by atoms with Crippen molar-refractivity contribution in [3.8, 4) is 5.75 Å². The summed E-state index contributed by atoms with van der Waals surface area (Å²) in [5.74, 6) is 0.895. The Morgan fingerprint density at radius 1 is 1.14 bits per heavy atom. The molecular formula is C18H24N2O. The molecule has 2 aromatic carbocycles. The predicted molar refractivity (Wildman–Crippen MR) is 89.2 cm³/mol. The van der Waals surface area contributed by atoms with Crippen molar-refractivity contribution in [2.45, 2.75) is 13.0 Å². The van der Waals surface area contributed by atoms with Crippen molar-refractivity contribution in [3.63, 3.8) is 0 Å². The van der Waals surface area contributed by atoms with Crippen LogP contribution in [0.5, 0.6) is 5.75 Å². The zero-order chi connectivity index (χ0) is 15.2. The lowest BCUT2D eigenvalue weighted by atomic mass is 10.1. The van der Waals surface area contributed by atoms with Gasteiger partial charge in [-0.05, 0) is 43.3 Å². The average molecular weight is 284 g/mol. The van der Waals surface area contributed by atoms with Gasteiger partial charge in [-0.3, -0.25) is 0 Å². The number of aryl methyl sites for hydroxylation is 1. The maximum absolute atomic E-state index is 5.32. The molecule has 1 unspecified atom stereocenters. The second kappa shape index (κ2) is 7.14. The Balaban J connectivity index is 2.17. The zero-order valence-corrected chi connectivity index (χ0v) is 13.3. The molecule has 0 spiro atoms. The fourth-order valence-corrected chi connectivity index (χ4v) is 2.59. The first kappa shape index (κ1) is 15.4. The molecule has 1 atom stereocenters. The van der Waals surface area contributed by atoms with Crippen LogP contribution in [-0.2, 0) is 0 Å².